The second kappa shape index (κ2) is 5.31. The SMILES string of the molecule is CC(=CC(=O)O)C(=O)ONC(C)C. The van der Waals surface area contributed by atoms with Crippen LogP contribution in [0.2, 0.25) is 0 Å². The largest absolute Gasteiger partial charge is 0.478 e. The molecule has 0 aliphatic carbocycles. The van der Waals surface area contributed by atoms with E-state index in [0.29, 0.717) is 0 Å². The van der Waals surface area contributed by atoms with E-state index in [0.717, 1.165) is 6.08 Å². The summed E-state index contributed by atoms with van der Waals surface area (Å²) in [6.07, 6.45) is 0.796. The first-order valence-corrected chi connectivity index (χ1v) is 3.81. The summed E-state index contributed by atoms with van der Waals surface area (Å²) in [5.74, 6) is -1.85. The number of hydroxylamine groups is 1. The molecule has 0 rings (SSSR count). The van der Waals surface area contributed by atoms with E-state index in [2.05, 4.69) is 10.3 Å². The molecule has 0 amide bonds. The normalized spacial score (nSPS) is 11.5. The molecule has 0 saturated carbocycles. The van der Waals surface area contributed by atoms with E-state index in [-0.39, 0.29) is 11.6 Å². The maximum atomic E-state index is 11.0. The fourth-order valence-corrected chi connectivity index (χ4v) is 0.496. The number of aliphatic carboxylic acids is 1. The van der Waals surface area contributed by atoms with Crippen molar-refractivity contribution in [1.82, 2.24) is 5.48 Å². The summed E-state index contributed by atoms with van der Waals surface area (Å²) in [6, 6.07) is 0.00146. The minimum atomic E-state index is -1.17. The van der Waals surface area contributed by atoms with E-state index in [1.54, 1.807) is 13.8 Å². The van der Waals surface area contributed by atoms with Gasteiger partial charge >= 0.3 is 11.9 Å². The fourth-order valence-electron chi connectivity index (χ4n) is 0.496. The average molecular weight is 187 g/mol. The minimum absolute atomic E-state index is 0.00146. The lowest BCUT2D eigenvalue weighted by Gasteiger charge is -2.07. The number of hydrogen-bond acceptors (Lipinski definition) is 4. The van der Waals surface area contributed by atoms with E-state index >= 15 is 0 Å². The van der Waals surface area contributed by atoms with Crippen molar-refractivity contribution in [2.75, 3.05) is 0 Å². The minimum Gasteiger partial charge on any atom is -0.478 e. The smallest absolute Gasteiger partial charge is 0.352 e. The van der Waals surface area contributed by atoms with Crippen molar-refractivity contribution in [2.24, 2.45) is 0 Å². The molecular formula is C8H13NO4. The van der Waals surface area contributed by atoms with Crippen LogP contribution in [0, 0.1) is 0 Å². The molecule has 0 aromatic carbocycles. The van der Waals surface area contributed by atoms with Gasteiger partial charge in [0.15, 0.2) is 0 Å². The van der Waals surface area contributed by atoms with Gasteiger partial charge in [0.1, 0.15) is 0 Å². The van der Waals surface area contributed by atoms with Crippen LogP contribution in [0.1, 0.15) is 20.8 Å². The van der Waals surface area contributed by atoms with Crippen molar-refractivity contribution in [3.8, 4) is 0 Å². The second-order valence-electron chi connectivity index (χ2n) is 2.83. The first-order chi connectivity index (χ1) is 5.93. The third-order valence-corrected chi connectivity index (χ3v) is 1.05. The zero-order chi connectivity index (χ0) is 10.4. The summed E-state index contributed by atoms with van der Waals surface area (Å²) >= 11 is 0. The maximum absolute atomic E-state index is 11.0. The predicted molar refractivity (Wildman–Crippen MR) is 45.8 cm³/mol. The first-order valence-electron chi connectivity index (χ1n) is 3.81. The van der Waals surface area contributed by atoms with E-state index < -0.39 is 11.9 Å². The standard InChI is InChI=1S/C8H13NO4/c1-5(2)9-13-8(12)6(3)4-7(10)11/h4-5,9H,1-3H3,(H,10,11). The van der Waals surface area contributed by atoms with Gasteiger partial charge in [0.25, 0.3) is 0 Å². The van der Waals surface area contributed by atoms with Crippen molar-refractivity contribution >= 4 is 11.9 Å². The monoisotopic (exact) mass is 187 g/mol. The van der Waals surface area contributed by atoms with Gasteiger partial charge in [0.2, 0.25) is 0 Å². The summed E-state index contributed by atoms with van der Waals surface area (Å²) in [4.78, 5) is 25.7. The average Bonchev–Trinajstić information content (AvgIpc) is 1.98. The Labute approximate surface area is 76.3 Å². The molecule has 0 aliphatic heterocycles. The van der Waals surface area contributed by atoms with Crippen molar-refractivity contribution in [1.29, 1.82) is 0 Å². The Morgan fingerprint density at radius 3 is 2.38 bits per heavy atom. The summed E-state index contributed by atoms with van der Waals surface area (Å²) in [5, 5.41) is 8.31. The number of nitrogens with one attached hydrogen (secondary N) is 1. The van der Waals surface area contributed by atoms with Crippen molar-refractivity contribution < 1.29 is 19.5 Å². The van der Waals surface area contributed by atoms with Crippen LogP contribution in [-0.2, 0) is 14.4 Å². The van der Waals surface area contributed by atoms with E-state index in [1.165, 1.54) is 6.92 Å². The molecule has 0 fully saturated rings. The van der Waals surface area contributed by atoms with Gasteiger partial charge in [-0.2, -0.15) is 5.48 Å². The third-order valence-electron chi connectivity index (χ3n) is 1.05. The number of rotatable bonds is 4. The van der Waals surface area contributed by atoms with Crippen LogP contribution in [0.3, 0.4) is 0 Å². The van der Waals surface area contributed by atoms with Gasteiger partial charge in [-0.05, 0) is 20.8 Å². The van der Waals surface area contributed by atoms with Crippen molar-refractivity contribution in [3.05, 3.63) is 11.6 Å². The highest BCUT2D eigenvalue weighted by Gasteiger charge is 2.07. The zero-order valence-corrected chi connectivity index (χ0v) is 7.83. The van der Waals surface area contributed by atoms with Crippen molar-refractivity contribution in [2.45, 2.75) is 26.8 Å². The summed E-state index contributed by atoms with van der Waals surface area (Å²) in [7, 11) is 0. The zero-order valence-electron chi connectivity index (χ0n) is 7.83. The third kappa shape index (κ3) is 5.86. The molecule has 0 saturated heterocycles. The van der Waals surface area contributed by atoms with Crippen molar-refractivity contribution in [3.63, 3.8) is 0 Å². The van der Waals surface area contributed by atoms with Gasteiger partial charge in [-0.1, -0.05) is 0 Å². The molecule has 0 atom stereocenters. The highest BCUT2D eigenvalue weighted by molar-refractivity contribution is 5.95. The molecule has 2 N–H and O–H groups in total. The van der Waals surface area contributed by atoms with Crippen LogP contribution in [0.4, 0.5) is 0 Å². The van der Waals surface area contributed by atoms with E-state index in [1.807, 2.05) is 0 Å². The number of carbonyl (C=O) groups is 2. The van der Waals surface area contributed by atoms with Gasteiger partial charge in [-0.3, -0.25) is 0 Å². The molecule has 0 radical (unpaired) electrons. The highest BCUT2D eigenvalue weighted by atomic mass is 16.7. The Hall–Kier alpha value is -1.36. The van der Waals surface area contributed by atoms with Crippen LogP contribution in [0.25, 0.3) is 0 Å². The Balaban J connectivity index is 4.04. The number of hydrogen-bond donors (Lipinski definition) is 2. The molecule has 0 unspecified atom stereocenters. The Morgan fingerprint density at radius 2 is 2.00 bits per heavy atom. The lowest BCUT2D eigenvalue weighted by molar-refractivity contribution is -0.148. The molecule has 0 bridgehead atoms. The number of carboxylic acid groups (broad SMARTS) is 1. The van der Waals surface area contributed by atoms with Gasteiger partial charge in [-0.25, -0.2) is 9.59 Å². The Morgan fingerprint density at radius 1 is 1.46 bits per heavy atom. The van der Waals surface area contributed by atoms with Crippen LogP contribution in [-0.4, -0.2) is 23.1 Å². The van der Waals surface area contributed by atoms with Crippen LogP contribution in [0.5, 0.6) is 0 Å². The quantitative estimate of drug-likeness (QED) is 0.494. The molecule has 0 heterocycles. The van der Waals surface area contributed by atoms with Crippen LogP contribution >= 0.6 is 0 Å². The molecule has 0 aromatic heterocycles. The molecule has 13 heavy (non-hydrogen) atoms. The Kier molecular flexibility index (Phi) is 4.76. The summed E-state index contributed by atoms with van der Waals surface area (Å²) < 4.78 is 0. The number of carbonyl (C=O) groups excluding carboxylic acids is 1. The summed E-state index contributed by atoms with van der Waals surface area (Å²) in [5.41, 5.74) is 2.46. The molecule has 5 nitrogen and oxygen atoms in total. The van der Waals surface area contributed by atoms with E-state index in [9.17, 15) is 9.59 Å². The number of carboxylic acids is 1. The van der Waals surface area contributed by atoms with Gasteiger partial charge < -0.3 is 9.94 Å². The molecule has 0 aromatic rings. The first kappa shape index (κ1) is 11.6. The lowest BCUT2D eigenvalue weighted by Crippen LogP contribution is -2.27. The van der Waals surface area contributed by atoms with E-state index in [4.69, 9.17) is 5.11 Å². The Bertz CT molecular complexity index is 232. The van der Waals surface area contributed by atoms with Crippen LogP contribution in [0.15, 0.2) is 11.6 Å². The lowest BCUT2D eigenvalue weighted by atomic mass is 10.3. The van der Waals surface area contributed by atoms with Gasteiger partial charge in [0, 0.05) is 17.7 Å². The molecule has 5 heteroatoms. The van der Waals surface area contributed by atoms with Crippen LogP contribution < -0.4 is 5.48 Å². The highest BCUT2D eigenvalue weighted by Crippen LogP contribution is 1.95. The topological polar surface area (TPSA) is 75.6 Å². The molecule has 0 aliphatic rings. The molecule has 0 spiro atoms. The van der Waals surface area contributed by atoms with Gasteiger partial charge in [0.05, 0.1) is 0 Å². The van der Waals surface area contributed by atoms with Gasteiger partial charge in [-0.15, -0.1) is 0 Å². The fraction of sp³-hybridized carbons (Fsp3) is 0.500. The summed E-state index contributed by atoms with van der Waals surface area (Å²) in [6.45, 7) is 4.96. The predicted octanol–water partition coefficient (Wildman–Crippen LogP) is 0.473. The second-order valence-corrected chi connectivity index (χ2v) is 2.83. The maximum Gasteiger partial charge on any atom is 0.352 e. The molecule has 74 valence electrons. The molecular weight excluding hydrogens is 174 g/mol.